The van der Waals surface area contributed by atoms with Crippen LogP contribution in [0.3, 0.4) is 0 Å². The number of benzene rings is 1. The Morgan fingerprint density at radius 2 is 2.00 bits per heavy atom. The standard InChI is InChI=1S/C15H14N4O/c1-16-14-11(5-4-8-17-14)9-19-10-18-13-7-3-2-6-12(13)15(19)20/h2-8,10H,9H2,1H3,(H,16,17). The van der Waals surface area contributed by atoms with Gasteiger partial charge < -0.3 is 5.32 Å². The van der Waals surface area contributed by atoms with Gasteiger partial charge in [-0.15, -0.1) is 0 Å². The van der Waals surface area contributed by atoms with Gasteiger partial charge in [-0.25, -0.2) is 9.97 Å². The minimum Gasteiger partial charge on any atom is -0.373 e. The molecule has 3 rings (SSSR count). The van der Waals surface area contributed by atoms with Crippen molar-refractivity contribution in [2.45, 2.75) is 6.54 Å². The van der Waals surface area contributed by atoms with E-state index in [4.69, 9.17) is 0 Å². The van der Waals surface area contributed by atoms with Gasteiger partial charge in [-0.1, -0.05) is 18.2 Å². The minimum atomic E-state index is -0.0403. The Morgan fingerprint density at radius 3 is 2.85 bits per heavy atom. The molecule has 20 heavy (non-hydrogen) atoms. The van der Waals surface area contributed by atoms with Gasteiger partial charge in [-0.05, 0) is 18.2 Å². The van der Waals surface area contributed by atoms with Crippen LogP contribution < -0.4 is 10.9 Å². The van der Waals surface area contributed by atoms with E-state index < -0.39 is 0 Å². The first-order chi connectivity index (χ1) is 9.79. The average Bonchev–Trinajstić information content (AvgIpc) is 2.51. The fourth-order valence-corrected chi connectivity index (χ4v) is 2.19. The second-order valence-electron chi connectivity index (χ2n) is 4.46. The van der Waals surface area contributed by atoms with Crippen LogP contribution in [0.1, 0.15) is 5.56 Å². The number of para-hydroxylation sites is 1. The van der Waals surface area contributed by atoms with E-state index in [0.717, 1.165) is 11.4 Å². The van der Waals surface area contributed by atoms with Crippen LogP contribution in [0.4, 0.5) is 5.82 Å². The van der Waals surface area contributed by atoms with E-state index in [1.54, 1.807) is 23.2 Å². The monoisotopic (exact) mass is 266 g/mol. The lowest BCUT2D eigenvalue weighted by atomic mass is 10.2. The molecule has 0 aliphatic carbocycles. The Bertz CT molecular complexity index is 810. The highest BCUT2D eigenvalue weighted by Crippen LogP contribution is 2.12. The lowest BCUT2D eigenvalue weighted by Gasteiger charge is -2.10. The van der Waals surface area contributed by atoms with E-state index in [1.807, 2.05) is 37.4 Å². The summed E-state index contributed by atoms with van der Waals surface area (Å²) in [4.78, 5) is 21.0. The predicted octanol–water partition coefficient (Wildman–Crippen LogP) is 1.88. The zero-order valence-electron chi connectivity index (χ0n) is 11.1. The first-order valence-corrected chi connectivity index (χ1v) is 6.35. The first kappa shape index (κ1) is 12.3. The number of aromatic nitrogens is 3. The van der Waals surface area contributed by atoms with Crippen LogP contribution in [0.5, 0.6) is 0 Å². The summed E-state index contributed by atoms with van der Waals surface area (Å²) in [6.45, 7) is 0.445. The smallest absolute Gasteiger partial charge is 0.261 e. The normalized spacial score (nSPS) is 10.7. The highest BCUT2D eigenvalue weighted by molar-refractivity contribution is 5.76. The molecular weight excluding hydrogens is 252 g/mol. The Morgan fingerprint density at radius 1 is 1.15 bits per heavy atom. The zero-order valence-corrected chi connectivity index (χ0v) is 11.1. The number of pyridine rings is 1. The molecule has 5 nitrogen and oxygen atoms in total. The lowest BCUT2D eigenvalue weighted by Crippen LogP contribution is -2.21. The van der Waals surface area contributed by atoms with E-state index in [-0.39, 0.29) is 5.56 Å². The maximum atomic E-state index is 12.4. The third kappa shape index (κ3) is 2.14. The summed E-state index contributed by atoms with van der Waals surface area (Å²) in [5.41, 5.74) is 1.63. The van der Waals surface area contributed by atoms with E-state index in [9.17, 15) is 4.79 Å². The number of nitrogens with zero attached hydrogens (tertiary/aromatic N) is 3. The summed E-state index contributed by atoms with van der Waals surface area (Å²) in [5, 5.41) is 3.66. The second-order valence-corrected chi connectivity index (χ2v) is 4.46. The van der Waals surface area contributed by atoms with Crippen LogP contribution >= 0.6 is 0 Å². The fraction of sp³-hybridized carbons (Fsp3) is 0.133. The number of fused-ring (bicyclic) bond motifs is 1. The lowest BCUT2D eigenvalue weighted by molar-refractivity contribution is 0.747. The Labute approximate surface area is 115 Å². The van der Waals surface area contributed by atoms with E-state index in [0.29, 0.717) is 17.4 Å². The average molecular weight is 266 g/mol. The van der Waals surface area contributed by atoms with E-state index in [2.05, 4.69) is 15.3 Å². The molecule has 0 saturated carbocycles. The molecule has 3 aromatic rings. The number of rotatable bonds is 3. The van der Waals surface area contributed by atoms with E-state index >= 15 is 0 Å². The SMILES string of the molecule is CNc1ncccc1Cn1cnc2ccccc2c1=O. The Balaban J connectivity index is 2.07. The van der Waals surface area contributed by atoms with Crippen molar-refractivity contribution in [3.8, 4) is 0 Å². The number of anilines is 1. The summed E-state index contributed by atoms with van der Waals surface area (Å²) < 4.78 is 1.60. The minimum absolute atomic E-state index is 0.0403. The van der Waals surface area contributed by atoms with Gasteiger partial charge in [0.25, 0.3) is 5.56 Å². The van der Waals surface area contributed by atoms with Gasteiger partial charge in [0, 0.05) is 18.8 Å². The van der Waals surface area contributed by atoms with E-state index in [1.165, 1.54) is 0 Å². The van der Waals surface area contributed by atoms with Gasteiger partial charge in [-0.2, -0.15) is 0 Å². The van der Waals surface area contributed by atoms with Crippen LogP contribution in [0, 0.1) is 0 Å². The summed E-state index contributed by atoms with van der Waals surface area (Å²) in [6, 6.07) is 11.2. The van der Waals surface area contributed by atoms with Crippen molar-refractivity contribution in [1.82, 2.24) is 14.5 Å². The molecule has 0 spiro atoms. The van der Waals surface area contributed by atoms with Crippen molar-refractivity contribution < 1.29 is 0 Å². The third-order valence-corrected chi connectivity index (χ3v) is 3.20. The van der Waals surface area contributed by atoms with Crippen molar-refractivity contribution in [3.05, 3.63) is 64.8 Å². The van der Waals surface area contributed by atoms with Crippen LogP contribution in [-0.2, 0) is 6.54 Å². The van der Waals surface area contributed by atoms with Gasteiger partial charge >= 0.3 is 0 Å². The summed E-state index contributed by atoms with van der Waals surface area (Å²) in [5.74, 6) is 0.771. The quantitative estimate of drug-likeness (QED) is 0.786. The summed E-state index contributed by atoms with van der Waals surface area (Å²) in [6.07, 6.45) is 3.30. The second kappa shape index (κ2) is 5.13. The molecule has 100 valence electrons. The summed E-state index contributed by atoms with van der Waals surface area (Å²) in [7, 11) is 1.81. The first-order valence-electron chi connectivity index (χ1n) is 6.35. The van der Waals surface area contributed by atoms with Gasteiger partial charge in [0.05, 0.1) is 23.8 Å². The molecule has 0 aliphatic rings. The highest BCUT2D eigenvalue weighted by atomic mass is 16.1. The van der Waals surface area contributed by atoms with Crippen molar-refractivity contribution in [2.24, 2.45) is 0 Å². The summed E-state index contributed by atoms with van der Waals surface area (Å²) >= 11 is 0. The maximum absolute atomic E-state index is 12.4. The molecule has 0 saturated heterocycles. The van der Waals surface area contributed by atoms with Crippen molar-refractivity contribution in [1.29, 1.82) is 0 Å². The Hall–Kier alpha value is -2.69. The van der Waals surface area contributed by atoms with Gasteiger partial charge in [-0.3, -0.25) is 9.36 Å². The number of hydrogen-bond donors (Lipinski definition) is 1. The molecule has 0 amide bonds. The maximum Gasteiger partial charge on any atom is 0.261 e. The van der Waals surface area contributed by atoms with Crippen molar-refractivity contribution >= 4 is 16.7 Å². The zero-order chi connectivity index (χ0) is 13.9. The van der Waals surface area contributed by atoms with Crippen LogP contribution in [-0.4, -0.2) is 21.6 Å². The van der Waals surface area contributed by atoms with Crippen molar-refractivity contribution in [3.63, 3.8) is 0 Å². The molecule has 0 atom stereocenters. The molecule has 2 heterocycles. The molecule has 1 N–H and O–H groups in total. The van der Waals surface area contributed by atoms with Gasteiger partial charge in [0.15, 0.2) is 0 Å². The molecule has 0 aliphatic heterocycles. The molecular formula is C15H14N4O. The molecule has 2 aromatic heterocycles. The number of nitrogens with one attached hydrogen (secondary N) is 1. The molecule has 0 radical (unpaired) electrons. The van der Waals surface area contributed by atoms with Crippen LogP contribution in [0.15, 0.2) is 53.7 Å². The topological polar surface area (TPSA) is 59.8 Å². The number of hydrogen-bond acceptors (Lipinski definition) is 4. The molecule has 0 fully saturated rings. The molecule has 0 unspecified atom stereocenters. The van der Waals surface area contributed by atoms with Crippen molar-refractivity contribution in [2.75, 3.05) is 12.4 Å². The third-order valence-electron chi connectivity index (χ3n) is 3.20. The van der Waals surface area contributed by atoms with Crippen LogP contribution in [0.2, 0.25) is 0 Å². The molecule has 5 heteroatoms. The highest BCUT2D eigenvalue weighted by Gasteiger charge is 2.06. The van der Waals surface area contributed by atoms with Gasteiger partial charge in [0.1, 0.15) is 5.82 Å². The molecule has 0 bridgehead atoms. The predicted molar refractivity (Wildman–Crippen MR) is 78.9 cm³/mol. The van der Waals surface area contributed by atoms with Gasteiger partial charge in [0.2, 0.25) is 0 Å². The largest absolute Gasteiger partial charge is 0.373 e. The molecule has 1 aromatic carbocycles. The fourth-order valence-electron chi connectivity index (χ4n) is 2.19. The van der Waals surface area contributed by atoms with Crippen LogP contribution in [0.25, 0.3) is 10.9 Å². The Kier molecular flexibility index (Phi) is 3.16.